The molecule has 1 aliphatic rings. The Labute approximate surface area is 166 Å². The first-order valence-electron chi connectivity index (χ1n) is 9.89. The maximum atomic E-state index is 12.5. The summed E-state index contributed by atoms with van der Waals surface area (Å²) in [6, 6.07) is 2.62. The third kappa shape index (κ3) is 3.41. The average molecular weight is 396 g/mol. The number of hydrogen-bond donors (Lipinski definition) is 1. The van der Waals surface area contributed by atoms with Gasteiger partial charge in [-0.25, -0.2) is 4.79 Å². The summed E-state index contributed by atoms with van der Waals surface area (Å²) in [7, 11) is 0. The summed E-state index contributed by atoms with van der Waals surface area (Å²) < 4.78 is 11.4. The standard InChI is InChI=1S/C22H23NO6/c1-3-16(21(25)26)23-20(24)9-14-11(2)13-8-15-12-6-4-5-7-17(12)28-19(15)10-18(13)29-22(14)27/h8,10,16H,3-7,9H2,1-2H3,(H,23,24)(H,25,26)/p-1/t16-/m1/s1. The van der Waals surface area contributed by atoms with E-state index in [1.165, 1.54) is 5.56 Å². The highest BCUT2D eigenvalue weighted by atomic mass is 16.4. The Morgan fingerprint density at radius 2 is 1.86 bits per heavy atom. The molecule has 0 spiro atoms. The summed E-state index contributed by atoms with van der Waals surface area (Å²) in [5.74, 6) is -0.915. The molecule has 0 fully saturated rings. The number of carbonyl (C=O) groups excluding carboxylic acids is 2. The second-order valence-electron chi connectivity index (χ2n) is 7.57. The molecule has 0 radical (unpaired) electrons. The lowest BCUT2D eigenvalue weighted by molar-refractivity contribution is -0.308. The Kier molecular flexibility index (Phi) is 4.90. The van der Waals surface area contributed by atoms with Gasteiger partial charge in [0.15, 0.2) is 0 Å². The fraction of sp³-hybridized carbons (Fsp3) is 0.409. The van der Waals surface area contributed by atoms with E-state index >= 15 is 0 Å². The monoisotopic (exact) mass is 396 g/mol. The van der Waals surface area contributed by atoms with Gasteiger partial charge in [-0.2, -0.15) is 0 Å². The maximum Gasteiger partial charge on any atom is 0.340 e. The molecular formula is C22H22NO6-. The van der Waals surface area contributed by atoms with Crippen LogP contribution in [0.3, 0.4) is 0 Å². The minimum absolute atomic E-state index is 0.197. The molecule has 2 heterocycles. The van der Waals surface area contributed by atoms with E-state index in [-0.39, 0.29) is 18.4 Å². The largest absolute Gasteiger partial charge is 0.548 e. The van der Waals surface area contributed by atoms with Gasteiger partial charge in [0, 0.05) is 28.8 Å². The summed E-state index contributed by atoms with van der Waals surface area (Å²) in [4.78, 5) is 35.8. The van der Waals surface area contributed by atoms with E-state index in [9.17, 15) is 19.5 Å². The van der Waals surface area contributed by atoms with Crippen molar-refractivity contribution in [2.75, 3.05) is 0 Å². The van der Waals surface area contributed by atoms with Crippen LogP contribution in [0.4, 0.5) is 0 Å². The number of rotatable bonds is 5. The van der Waals surface area contributed by atoms with Crippen LogP contribution in [0, 0.1) is 6.92 Å². The normalized spacial score (nSPS) is 14.7. The van der Waals surface area contributed by atoms with E-state index in [0.717, 1.165) is 42.2 Å². The SMILES string of the molecule is CC[C@@H](NC(=O)Cc1c(C)c2cc3c4c(oc3cc2oc1=O)CCCC4)C(=O)[O-]. The average Bonchev–Trinajstić information content (AvgIpc) is 3.05. The van der Waals surface area contributed by atoms with Gasteiger partial charge in [-0.1, -0.05) is 6.92 Å². The van der Waals surface area contributed by atoms with E-state index in [4.69, 9.17) is 8.83 Å². The molecule has 4 rings (SSSR count). The smallest absolute Gasteiger partial charge is 0.340 e. The molecule has 0 aliphatic heterocycles. The lowest BCUT2D eigenvalue weighted by Gasteiger charge is -2.18. The molecule has 7 heteroatoms. The number of fused-ring (bicyclic) bond motifs is 4. The van der Waals surface area contributed by atoms with E-state index in [0.29, 0.717) is 16.7 Å². The summed E-state index contributed by atoms with van der Waals surface area (Å²) in [6.45, 7) is 3.41. The Bertz CT molecular complexity index is 1190. The number of hydrogen-bond acceptors (Lipinski definition) is 6. The van der Waals surface area contributed by atoms with Crippen molar-refractivity contribution in [1.29, 1.82) is 0 Å². The van der Waals surface area contributed by atoms with Crippen molar-refractivity contribution in [3.05, 3.63) is 45.0 Å². The van der Waals surface area contributed by atoms with Crippen LogP contribution in [0.25, 0.3) is 21.9 Å². The Morgan fingerprint density at radius 3 is 2.59 bits per heavy atom. The molecule has 1 amide bonds. The molecule has 3 aromatic rings. The quantitative estimate of drug-likeness (QED) is 0.659. The molecule has 1 aliphatic carbocycles. The highest BCUT2D eigenvalue weighted by Crippen LogP contribution is 2.35. The number of carboxylic acids is 1. The van der Waals surface area contributed by atoms with Crippen molar-refractivity contribution in [3.8, 4) is 0 Å². The van der Waals surface area contributed by atoms with Crippen molar-refractivity contribution in [1.82, 2.24) is 5.32 Å². The lowest BCUT2D eigenvalue weighted by atomic mass is 9.94. The van der Waals surface area contributed by atoms with E-state index in [1.54, 1.807) is 19.9 Å². The highest BCUT2D eigenvalue weighted by Gasteiger charge is 2.21. The number of carbonyl (C=O) groups is 2. The number of furan rings is 1. The van der Waals surface area contributed by atoms with Crippen molar-refractivity contribution in [2.45, 2.75) is 58.4 Å². The topological polar surface area (TPSA) is 113 Å². The molecule has 1 aromatic carbocycles. The minimum atomic E-state index is -1.35. The number of nitrogens with one attached hydrogen (secondary N) is 1. The van der Waals surface area contributed by atoms with Gasteiger partial charge in [0.1, 0.15) is 16.9 Å². The van der Waals surface area contributed by atoms with E-state index < -0.39 is 23.5 Å². The third-order valence-electron chi connectivity index (χ3n) is 5.73. The van der Waals surface area contributed by atoms with Gasteiger partial charge in [0.25, 0.3) is 0 Å². The number of aryl methyl sites for hydroxylation is 3. The van der Waals surface area contributed by atoms with Crippen LogP contribution in [-0.4, -0.2) is 17.9 Å². The van der Waals surface area contributed by atoms with Gasteiger partial charge in [-0.05, 0) is 44.2 Å². The second kappa shape index (κ2) is 7.39. The molecular weight excluding hydrogens is 374 g/mol. The zero-order valence-corrected chi connectivity index (χ0v) is 16.4. The van der Waals surface area contributed by atoms with Gasteiger partial charge in [0.05, 0.1) is 24.0 Å². The first kappa shape index (κ1) is 19.2. The van der Waals surface area contributed by atoms with Crippen LogP contribution in [0.15, 0.2) is 25.8 Å². The molecule has 1 N–H and O–H groups in total. The molecule has 1 atom stereocenters. The zero-order chi connectivity index (χ0) is 20.7. The predicted molar refractivity (Wildman–Crippen MR) is 105 cm³/mol. The minimum Gasteiger partial charge on any atom is -0.548 e. The number of carboxylic acid groups (broad SMARTS) is 1. The van der Waals surface area contributed by atoms with Crippen molar-refractivity contribution in [2.24, 2.45) is 0 Å². The molecule has 0 saturated carbocycles. The predicted octanol–water partition coefficient (Wildman–Crippen LogP) is 1.91. The Hall–Kier alpha value is -3.09. The first-order chi connectivity index (χ1) is 13.9. The molecule has 2 aromatic heterocycles. The van der Waals surface area contributed by atoms with Gasteiger partial charge in [-0.3, -0.25) is 4.79 Å². The van der Waals surface area contributed by atoms with Crippen LogP contribution in [0.1, 0.15) is 48.6 Å². The van der Waals surface area contributed by atoms with E-state index in [1.807, 2.05) is 6.07 Å². The van der Waals surface area contributed by atoms with Crippen molar-refractivity contribution < 1.29 is 23.5 Å². The zero-order valence-electron chi connectivity index (χ0n) is 16.4. The van der Waals surface area contributed by atoms with Crippen LogP contribution >= 0.6 is 0 Å². The summed E-state index contributed by atoms with van der Waals surface area (Å²) in [5.41, 5.74) is 2.59. The summed E-state index contributed by atoms with van der Waals surface area (Å²) in [6.07, 6.45) is 4.03. The molecule has 0 bridgehead atoms. The molecule has 0 saturated heterocycles. The van der Waals surface area contributed by atoms with Crippen molar-refractivity contribution >= 4 is 33.8 Å². The lowest BCUT2D eigenvalue weighted by Crippen LogP contribution is -2.48. The third-order valence-corrected chi connectivity index (χ3v) is 5.73. The molecule has 152 valence electrons. The number of benzene rings is 1. The Balaban J connectivity index is 1.75. The van der Waals surface area contributed by atoms with E-state index in [2.05, 4.69) is 5.32 Å². The van der Waals surface area contributed by atoms with Crippen molar-refractivity contribution in [3.63, 3.8) is 0 Å². The van der Waals surface area contributed by atoms with Crippen LogP contribution in [0.2, 0.25) is 0 Å². The van der Waals surface area contributed by atoms with Crippen LogP contribution < -0.4 is 16.0 Å². The number of amides is 1. The molecule has 29 heavy (non-hydrogen) atoms. The van der Waals surface area contributed by atoms with Gasteiger partial charge >= 0.3 is 5.63 Å². The second-order valence-corrected chi connectivity index (χ2v) is 7.57. The van der Waals surface area contributed by atoms with Gasteiger partial charge in [-0.15, -0.1) is 0 Å². The first-order valence-corrected chi connectivity index (χ1v) is 9.89. The van der Waals surface area contributed by atoms with Crippen LogP contribution in [-0.2, 0) is 28.9 Å². The Morgan fingerprint density at radius 1 is 1.14 bits per heavy atom. The van der Waals surface area contributed by atoms with Gasteiger partial charge < -0.3 is 24.1 Å². The van der Waals surface area contributed by atoms with Gasteiger partial charge in [0.2, 0.25) is 5.91 Å². The fourth-order valence-electron chi connectivity index (χ4n) is 4.08. The molecule has 7 nitrogen and oxygen atoms in total. The molecule has 0 unspecified atom stereocenters. The summed E-state index contributed by atoms with van der Waals surface area (Å²) in [5, 5.41) is 15.2. The fourth-order valence-corrected chi connectivity index (χ4v) is 4.08. The maximum absolute atomic E-state index is 12.5. The van der Waals surface area contributed by atoms with Crippen LogP contribution in [0.5, 0.6) is 0 Å². The highest BCUT2D eigenvalue weighted by molar-refractivity contribution is 5.97. The number of aliphatic carboxylic acids is 1. The summed E-state index contributed by atoms with van der Waals surface area (Å²) >= 11 is 0.